The number of hydrogen-bond donors (Lipinski definition) is 1. The minimum Gasteiger partial charge on any atom is -0.493 e. The molecule has 21 heavy (non-hydrogen) atoms. The summed E-state index contributed by atoms with van der Waals surface area (Å²) in [5.41, 5.74) is 5.82. The highest BCUT2D eigenvalue weighted by Crippen LogP contribution is 2.35. The Morgan fingerprint density at radius 1 is 1.38 bits per heavy atom. The zero-order chi connectivity index (χ0) is 15.4. The molecule has 0 saturated carbocycles. The third-order valence-electron chi connectivity index (χ3n) is 2.78. The van der Waals surface area contributed by atoms with Crippen molar-refractivity contribution in [1.82, 2.24) is 0 Å². The van der Waals surface area contributed by atoms with Crippen LogP contribution in [0.25, 0.3) is 0 Å². The van der Waals surface area contributed by atoms with E-state index >= 15 is 0 Å². The van der Waals surface area contributed by atoms with Crippen molar-refractivity contribution < 1.29 is 14.4 Å². The van der Waals surface area contributed by atoms with Crippen molar-refractivity contribution >= 4 is 28.6 Å². The summed E-state index contributed by atoms with van der Waals surface area (Å²) < 4.78 is 11.4. The second-order valence-corrected chi connectivity index (χ2v) is 5.89. The molecule has 6 nitrogen and oxygen atoms in total. The highest BCUT2D eigenvalue weighted by atomic mass is 35.5. The number of thiophene rings is 1. The maximum atomic E-state index is 11.0. The highest BCUT2D eigenvalue weighted by molar-refractivity contribution is 7.16. The fraction of sp³-hybridized carbons (Fsp3) is 0.231. The molecular weight excluding hydrogens is 316 g/mol. The summed E-state index contributed by atoms with van der Waals surface area (Å²) >= 11 is 7.23. The summed E-state index contributed by atoms with van der Waals surface area (Å²) in [5.74, 6) is 0.703. The molecule has 8 heteroatoms. The minimum absolute atomic E-state index is 0.0491. The van der Waals surface area contributed by atoms with Gasteiger partial charge in [-0.25, -0.2) is 0 Å². The Labute approximate surface area is 130 Å². The monoisotopic (exact) mass is 328 g/mol. The van der Waals surface area contributed by atoms with Crippen LogP contribution in [-0.4, -0.2) is 12.0 Å². The van der Waals surface area contributed by atoms with Gasteiger partial charge >= 0.3 is 0 Å². The van der Waals surface area contributed by atoms with Crippen LogP contribution in [0.15, 0.2) is 24.3 Å². The van der Waals surface area contributed by atoms with Gasteiger partial charge in [-0.2, -0.15) is 0 Å². The summed E-state index contributed by atoms with van der Waals surface area (Å²) in [6.07, 6.45) is 0. The molecule has 0 aliphatic carbocycles. The molecule has 0 unspecified atom stereocenters. The molecule has 0 bridgehead atoms. The molecule has 2 N–H and O–H groups in total. The molecule has 0 saturated heterocycles. The Bertz CT molecular complexity index is 660. The number of benzene rings is 1. The summed E-state index contributed by atoms with van der Waals surface area (Å²) in [4.78, 5) is 11.5. The Morgan fingerprint density at radius 3 is 2.67 bits per heavy atom. The minimum atomic E-state index is -0.490. The summed E-state index contributed by atoms with van der Waals surface area (Å²) in [7, 11) is 1.47. The quantitative estimate of drug-likeness (QED) is 0.649. The molecule has 1 aromatic carbocycles. The van der Waals surface area contributed by atoms with Crippen LogP contribution < -0.4 is 15.2 Å². The van der Waals surface area contributed by atoms with E-state index < -0.39 is 4.92 Å². The van der Waals surface area contributed by atoms with Gasteiger partial charge < -0.3 is 15.2 Å². The van der Waals surface area contributed by atoms with Gasteiger partial charge in [0.25, 0.3) is 5.69 Å². The van der Waals surface area contributed by atoms with Gasteiger partial charge in [0, 0.05) is 17.0 Å². The second kappa shape index (κ2) is 6.75. The van der Waals surface area contributed by atoms with Crippen molar-refractivity contribution in [3.05, 3.63) is 49.2 Å². The summed E-state index contributed by atoms with van der Waals surface area (Å²) in [6.45, 7) is 0.306. The maximum absolute atomic E-state index is 11.0. The second-order valence-electron chi connectivity index (χ2n) is 4.09. The van der Waals surface area contributed by atoms with Crippen molar-refractivity contribution in [1.29, 1.82) is 0 Å². The lowest BCUT2D eigenvalue weighted by Crippen LogP contribution is -2.04. The fourth-order valence-electron chi connectivity index (χ4n) is 1.78. The third-order valence-corrected chi connectivity index (χ3v) is 3.98. The van der Waals surface area contributed by atoms with Crippen molar-refractivity contribution in [2.24, 2.45) is 5.73 Å². The van der Waals surface area contributed by atoms with Crippen LogP contribution in [0.5, 0.6) is 11.5 Å². The number of methoxy groups -OCH3 is 1. The first-order chi connectivity index (χ1) is 10.0. The molecule has 0 atom stereocenters. The largest absolute Gasteiger partial charge is 0.493 e. The normalized spacial score (nSPS) is 10.4. The van der Waals surface area contributed by atoms with E-state index in [1.165, 1.54) is 30.6 Å². The van der Waals surface area contributed by atoms with E-state index in [9.17, 15) is 10.1 Å². The molecule has 2 aromatic rings. The number of hydrogen-bond acceptors (Lipinski definition) is 6. The van der Waals surface area contributed by atoms with Gasteiger partial charge in [-0.05, 0) is 18.2 Å². The van der Waals surface area contributed by atoms with Crippen LogP contribution in [0.1, 0.15) is 10.4 Å². The molecule has 2 rings (SSSR count). The zero-order valence-corrected chi connectivity index (χ0v) is 12.7. The van der Waals surface area contributed by atoms with Gasteiger partial charge in [-0.15, -0.1) is 11.3 Å². The molecule has 0 spiro atoms. The number of halogens is 1. The zero-order valence-electron chi connectivity index (χ0n) is 11.2. The van der Waals surface area contributed by atoms with Gasteiger partial charge in [0.1, 0.15) is 6.61 Å². The topological polar surface area (TPSA) is 87.6 Å². The number of nitro groups is 1. The number of nitrogens with zero attached hydrogens (tertiary/aromatic N) is 1. The van der Waals surface area contributed by atoms with E-state index in [0.717, 1.165) is 4.88 Å². The van der Waals surface area contributed by atoms with Gasteiger partial charge in [0.2, 0.25) is 0 Å². The Morgan fingerprint density at radius 2 is 2.14 bits per heavy atom. The van der Waals surface area contributed by atoms with Crippen LogP contribution in [0, 0.1) is 10.1 Å². The Balaban J connectivity index is 2.28. The van der Waals surface area contributed by atoms with Crippen LogP contribution in [-0.2, 0) is 13.2 Å². The Kier molecular flexibility index (Phi) is 5.00. The lowest BCUT2D eigenvalue weighted by molar-refractivity contribution is -0.385. The summed E-state index contributed by atoms with van der Waals surface area (Å²) in [6, 6.07) is 6.45. The molecule has 0 fully saturated rings. The van der Waals surface area contributed by atoms with Crippen molar-refractivity contribution in [2.75, 3.05) is 7.11 Å². The van der Waals surface area contributed by atoms with Crippen LogP contribution in [0.3, 0.4) is 0 Å². The SMILES string of the molecule is COc1cc(CN)c([N+](=O)[O-])cc1OCc1ccc(Cl)s1. The van der Waals surface area contributed by atoms with Gasteiger partial charge in [0.05, 0.1) is 22.4 Å². The highest BCUT2D eigenvalue weighted by Gasteiger charge is 2.19. The van der Waals surface area contributed by atoms with Crippen LogP contribution in [0.4, 0.5) is 5.69 Å². The molecule has 1 heterocycles. The smallest absolute Gasteiger partial charge is 0.277 e. The summed E-state index contributed by atoms with van der Waals surface area (Å²) in [5, 5.41) is 11.0. The molecule has 0 aliphatic heterocycles. The lowest BCUT2D eigenvalue weighted by Gasteiger charge is -2.11. The average Bonchev–Trinajstić information content (AvgIpc) is 2.89. The first kappa shape index (κ1) is 15.6. The standard InChI is InChI=1S/C13H13ClN2O4S/c1-19-11-4-8(6-15)10(16(17)18)5-12(11)20-7-9-2-3-13(14)21-9/h2-5H,6-7,15H2,1H3. The first-order valence-electron chi connectivity index (χ1n) is 5.97. The maximum Gasteiger partial charge on any atom is 0.277 e. The van der Waals surface area contributed by atoms with E-state index in [1.54, 1.807) is 6.07 Å². The lowest BCUT2D eigenvalue weighted by atomic mass is 10.1. The number of rotatable bonds is 6. The van der Waals surface area contributed by atoms with E-state index in [1.807, 2.05) is 6.07 Å². The third kappa shape index (κ3) is 3.63. The van der Waals surface area contributed by atoms with Crippen LogP contribution >= 0.6 is 22.9 Å². The molecular formula is C13H13ClN2O4S. The van der Waals surface area contributed by atoms with E-state index in [0.29, 0.717) is 21.4 Å². The van der Waals surface area contributed by atoms with Crippen molar-refractivity contribution in [2.45, 2.75) is 13.2 Å². The van der Waals surface area contributed by atoms with E-state index in [2.05, 4.69) is 0 Å². The van der Waals surface area contributed by atoms with Crippen molar-refractivity contribution in [3.63, 3.8) is 0 Å². The first-order valence-corrected chi connectivity index (χ1v) is 7.17. The average molecular weight is 329 g/mol. The van der Waals surface area contributed by atoms with E-state index in [-0.39, 0.29) is 18.8 Å². The Hall–Kier alpha value is -1.83. The molecule has 0 aliphatic rings. The fourth-order valence-corrected chi connectivity index (χ4v) is 2.78. The van der Waals surface area contributed by atoms with Gasteiger partial charge in [-0.3, -0.25) is 10.1 Å². The number of nitro benzene ring substituents is 1. The molecule has 112 valence electrons. The van der Waals surface area contributed by atoms with E-state index in [4.69, 9.17) is 26.8 Å². The molecule has 0 amide bonds. The molecule has 0 radical (unpaired) electrons. The van der Waals surface area contributed by atoms with Crippen molar-refractivity contribution in [3.8, 4) is 11.5 Å². The van der Waals surface area contributed by atoms with Gasteiger partial charge in [0.15, 0.2) is 11.5 Å². The predicted octanol–water partition coefficient (Wildman–Crippen LogP) is 3.36. The number of nitrogens with two attached hydrogens (primary N) is 1. The van der Waals surface area contributed by atoms with Crippen LogP contribution in [0.2, 0.25) is 4.34 Å². The predicted molar refractivity (Wildman–Crippen MR) is 81.2 cm³/mol. The van der Waals surface area contributed by atoms with Gasteiger partial charge in [-0.1, -0.05) is 11.6 Å². The molecule has 1 aromatic heterocycles. The number of ether oxygens (including phenoxy) is 2.